The number of likely N-dealkylation sites (tertiary alicyclic amines) is 1. The Hall–Kier alpha value is -1.06. The molecule has 0 N–H and O–H groups in total. The molecule has 1 atom stereocenters. The van der Waals surface area contributed by atoms with Gasteiger partial charge >= 0.3 is 11.9 Å². The minimum atomic E-state index is -0.716. The van der Waals surface area contributed by atoms with Gasteiger partial charge in [0.15, 0.2) is 0 Å². The van der Waals surface area contributed by atoms with E-state index in [4.69, 9.17) is 4.74 Å². The summed E-state index contributed by atoms with van der Waals surface area (Å²) in [6.07, 6.45) is 3.09. The zero-order valence-electron chi connectivity index (χ0n) is 9.49. The third-order valence-electron chi connectivity index (χ3n) is 2.75. The fourth-order valence-corrected chi connectivity index (χ4v) is 1.79. The lowest BCUT2D eigenvalue weighted by Gasteiger charge is -2.18. The maximum atomic E-state index is 11.6. The molecule has 0 aromatic heterocycles. The number of rotatable bonds is 1. The minimum absolute atomic E-state index is 0.259. The summed E-state index contributed by atoms with van der Waals surface area (Å²) in [7, 11) is 0. The Kier molecular flexibility index (Phi) is 4.59. The summed E-state index contributed by atoms with van der Waals surface area (Å²) in [4.78, 5) is 24.4. The molecule has 0 bridgehead atoms. The van der Waals surface area contributed by atoms with E-state index in [1.54, 1.807) is 11.8 Å². The van der Waals surface area contributed by atoms with Crippen molar-refractivity contribution in [2.24, 2.45) is 5.92 Å². The minimum Gasteiger partial charge on any atom is -0.459 e. The van der Waals surface area contributed by atoms with E-state index in [2.05, 4.69) is 6.92 Å². The van der Waals surface area contributed by atoms with Crippen LogP contribution in [-0.2, 0) is 14.3 Å². The van der Waals surface area contributed by atoms with Gasteiger partial charge in [0.1, 0.15) is 0 Å². The third kappa shape index (κ3) is 3.53. The summed E-state index contributed by atoms with van der Waals surface area (Å²) in [6, 6.07) is 0. The van der Waals surface area contributed by atoms with Crippen molar-refractivity contribution in [3.63, 3.8) is 0 Å². The van der Waals surface area contributed by atoms with Gasteiger partial charge in [0.05, 0.1) is 6.61 Å². The van der Waals surface area contributed by atoms with Crippen molar-refractivity contribution in [3.8, 4) is 0 Å². The fraction of sp³-hybridized carbons (Fsp3) is 0.818. The lowest BCUT2D eigenvalue weighted by molar-refractivity contribution is -0.159. The van der Waals surface area contributed by atoms with Crippen molar-refractivity contribution >= 4 is 11.9 Å². The average Bonchev–Trinajstić information content (AvgIpc) is 2.42. The Bertz CT molecular complexity index is 240. The van der Waals surface area contributed by atoms with Crippen molar-refractivity contribution in [2.75, 3.05) is 19.7 Å². The highest BCUT2D eigenvalue weighted by Crippen LogP contribution is 2.16. The van der Waals surface area contributed by atoms with Crippen LogP contribution in [0.5, 0.6) is 0 Å². The Morgan fingerprint density at radius 3 is 2.73 bits per heavy atom. The largest absolute Gasteiger partial charge is 0.459 e. The van der Waals surface area contributed by atoms with Gasteiger partial charge in [-0.25, -0.2) is 4.79 Å². The highest BCUT2D eigenvalue weighted by Gasteiger charge is 2.24. The van der Waals surface area contributed by atoms with Crippen molar-refractivity contribution in [2.45, 2.75) is 33.1 Å². The summed E-state index contributed by atoms with van der Waals surface area (Å²) >= 11 is 0. The van der Waals surface area contributed by atoms with Crippen LogP contribution in [-0.4, -0.2) is 36.5 Å². The van der Waals surface area contributed by atoms with E-state index < -0.39 is 11.9 Å². The zero-order valence-corrected chi connectivity index (χ0v) is 9.49. The van der Waals surface area contributed by atoms with Gasteiger partial charge in [-0.1, -0.05) is 6.92 Å². The molecule has 4 heteroatoms. The molecule has 15 heavy (non-hydrogen) atoms. The number of carbonyl (C=O) groups excluding carboxylic acids is 2. The van der Waals surface area contributed by atoms with E-state index in [0.717, 1.165) is 19.3 Å². The molecule has 1 heterocycles. The van der Waals surface area contributed by atoms with Gasteiger partial charge in [0.2, 0.25) is 0 Å². The Morgan fingerprint density at radius 1 is 1.33 bits per heavy atom. The van der Waals surface area contributed by atoms with Crippen LogP contribution in [0.25, 0.3) is 0 Å². The van der Waals surface area contributed by atoms with E-state index in [1.807, 2.05) is 0 Å². The molecule has 0 radical (unpaired) electrons. The molecular formula is C11H19NO3. The first-order valence-corrected chi connectivity index (χ1v) is 5.61. The molecule has 1 fully saturated rings. The Morgan fingerprint density at radius 2 is 2.07 bits per heavy atom. The number of carbonyl (C=O) groups is 2. The maximum Gasteiger partial charge on any atom is 0.397 e. The van der Waals surface area contributed by atoms with E-state index >= 15 is 0 Å². The molecule has 1 unspecified atom stereocenters. The molecule has 4 nitrogen and oxygen atoms in total. The van der Waals surface area contributed by atoms with Crippen molar-refractivity contribution in [1.29, 1.82) is 0 Å². The average molecular weight is 213 g/mol. The highest BCUT2D eigenvalue weighted by molar-refractivity contribution is 6.32. The summed E-state index contributed by atoms with van der Waals surface area (Å²) in [6.45, 7) is 5.50. The van der Waals surface area contributed by atoms with Gasteiger partial charge in [-0.2, -0.15) is 0 Å². The van der Waals surface area contributed by atoms with Crippen LogP contribution in [0.15, 0.2) is 0 Å². The van der Waals surface area contributed by atoms with Gasteiger partial charge in [-0.3, -0.25) is 4.79 Å². The van der Waals surface area contributed by atoms with E-state index in [9.17, 15) is 9.59 Å². The summed E-state index contributed by atoms with van der Waals surface area (Å²) < 4.78 is 4.69. The molecule has 0 spiro atoms. The number of amides is 1. The van der Waals surface area contributed by atoms with Crippen LogP contribution >= 0.6 is 0 Å². The van der Waals surface area contributed by atoms with Crippen LogP contribution in [0, 0.1) is 5.92 Å². The van der Waals surface area contributed by atoms with Crippen LogP contribution in [0.3, 0.4) is 0 Å². The van der Waals surface area contributed by atoms with Gasteiger partial charge in [-0.15, -0.1) is 0 Å². The number of nitrogens with zero attached hydrogens (tertiary/aromatic N) is 1. The van der Waals surface area contributed by atoms with E-state index in [1.165, 1.54) is 0 Å². The molecule has 1 aliphatic rings. The van der Waals surface area contributed by atoms with Gasteiger partial charge in [-0.05, 0) is 32.1 Å². The fourth-order valence-electron chi connectivity index (χ4n) is 1.79. The Balaban J connectivity index is 2.48. The van der Waals surface area contributed by atoms with Crippen LogP contribution < -0.4 is 0 Å². The first-order chi connectivity index (χ1) is 7.15. The summed E-state index contributed by atoms with van der Waals surface area (Å²) in [5.41, 5.74) is 0. The number of esters is 1. The lowest BCUT2D eigenvalue weighted by atomic mass is 10.0. The molecule has 1 aliphatic heterocycles. The predicted molar refractivity (Wildman–Crippen MR) is 56.2 cm³/mol. The maximum absolute atomic E-state index is 11.6. The summed E-state index contributed by atoms with van der Waals surface area (Å²) in [5.74, 6) is -0.553. The normalized spacial score (nSPS) is 22.0. The molecule has 0 saturated carbocycles. The first kappa shape index (κ1) is 12.0. The number of hydrogen-bond donors (Lipinski definition) is 0. The lowest BCUT2D eigenvalue weighted by Crippen LogP contribution is -2.38. The van der Waals surface area contributed by atoms with E-state index in [-0.39, 0.29) is 6.61 Å². The van der Waals surface area contributed by atoms with Gasteiger partial charge in [0.25, 0.3) is 0 Å². The van der Waals surface area contributed by atoms with Crippen molar-refractivity contribution in [3.05, 3.63) is 0 Å². The number of ether oxygens (including phenoxy) is 1. The van der Waals surface area contributed by atoms with Gasteiger partial charge < -0.3 is 9.64 Å². The molecule has 86 valence electrons. The van der Waals surface area contributed by atoms with Crippen molar-refractivity contribution < 1.29 is 14.3 Å². The molecule has 1 rings (SSSR count). The standard InChI is InChI=1S/C11H19NO3/c1-3-15-11(14)10(13)12-7-4-5-9(2)6-8-12/h9H,3-8H2,1-2H3. The second-order valence-corrected chi connectivity index (χ2v) is 4.05. The molecule has 1 saturated heterocycles. The summed E-state index contributed by atoms with van der Waals surface area (Å²) in [5, 5.41) is 0. The molecule has 0 aromatic rings. The smallest absolute Gasteiger partial charge is 0.397 e. The number of hydrogen-bond acceptors (Lipinski definition) is 3. The Labute approximate surface area is 90.6 Å². The SMILES string of the molecule is CCOC(=O)C(=O)N1CCCC(C)CC1. The second kappa shape index (κ2) is 5.73. The predicted octanol–water partition coefficient (Wildman–Crippen LogP) is 1.20. The molecule has 0 aromatic carbocycles. The second-order valence-electron chi connectivity index (χ2n) is 4.05. The van der Waals surface area contributed by atoms with Gasteiger partial charge in [0, 0.05) is 13.1 Å². The first-order valence-electron chi connectivity index (χ1n) is 5.61. The highest BCUT2D eigenvalue weighted by atomic mass is 16.5. The van der Waals surface area contributed by atoms with Crippen LogP contribution in [0.1, 0.15) is 33.1 Å². The van der Waals surface area contributed by atoms with Crippen LogP contribution in [0.2, 0.25) is 0 Å². The van der Waals surface area contributed by atoms with E-state index in [0.29, 0.717) is 19.0 Å². The molecule has 0 aliphatic carbocycles. The topological polar surface area (TPSA) is 46.6 Å². The monoisotopic (exact) mass is 213 g/mol. The third-order valence-corrected chi connectivity index (χ3v) is 2.75. The molecule has 1 amide bonds. The van der Waals surface area contributed by atoms with Crippen molar-refractivity contribution in [1.82, 2.24) is 4.90 Å². The van der Waals surface area contributed by atoms with Crippen LogP contribution in [0.4, 0.5) is 0 Å². The quantitative estimate of drug-likeness (QED) is 0.485. The zero-order chi connectivity index (χ0) is 11.3. The molecular weight excluding hydrogens is 194 g/mol.